The topological polar surface area (TPSA) is 63.2 Å². The number of hydrogen-bond acceptors (Lipinski definition) is 4. The van der Waals surface area contributed by atoms with E-state index in [0.29, 0.717) is 27.0 Å². The molecule has 126 valence electrons. The van der Waals surface area contributed by atoms with Crippen LogP contribution in [-0.2, 0) is 9.63 Å². The third-order valence-electron chi connectivity index (χ3n) is 2.95. The van der Waals surface area contributed by atoms with Crippen LogP contribution >= 0.6 is 23.2 Å². The largest absolute Gasteiger partial charge is 0.324 e. The Labute approximate surface area is 148 Å². The second kappa shape index (κ2) is 8.63. The van der Waals surface area contributed by atoms with Gasteiger partial charge in [0.1, 0.15) is 0 Å². The smallest absolute Gasteiger partial charge is 0.228 e. The molecule has 0 aliphatic rings. The Morgan fingerprint density at radius 3 is 2.71 bits per heavy atom. The SMILES string of the molecule is CONC(=CCC(=O)Nc1ccc(F)nc1)c1ccc(Cl)c(Cl)c1. The minimum Gasteiger partial charge on any atom is -0.324 e. The number of aromatic nitrogens is 1. The van der Waals surface area contributed by atoms with Gasteiger partial charge in [-0.05, 0) is 30.3 Å². The van der Waals surface area contributed by atoms with Crippen LogP contribution in [0, 0.1) is 5.95 Å². The maximum Gasteiger partial charge on any atom is 0.228 e. The van der Waals surface area contributed by atoms with Crippen LogP contribution < -0.4 is 10.8 Å². The minimum absolute atomic E-state index is 0.0588. The van der Waals surface area contributed by atoms with Gasteiger partial charge in [-0.15, -0.1) is 0 Å². The van der Waals surface area contributed by atoms with Gasteiger partial charge in [0, 0.05) is 12.0 Å². The van der Waals surface area contributed by atoms with Gasteiger partial charge in [0.25, 0.3) is 0 Å². The van der Waals surface area contributed by atoms with E-state index in [1.165, 1.54) is 25.4 Å². The molecule has 1 amide bonds. The number of hydrogen-bond donors (Lipinski definition) is 2. The van der Waals surface area contributed by atoms with Crippen molar-refractivity contribution in [3.05, 3.63) is 64.2 Å². The second-order valence-electron chi connectivity index (χ2n) is 4.67. The van der Waals surface area contributed by atoms with Gasteiger partial charge < -0.3 is 5.32 Å². The molecule has 1 aromatic carbocycles. The second-order valence-corrected chi connectivity index (χ2v) is 5.49. The molecule has 0 atom stereocenters. The zero-order valence-corrected chi connectivity index (χ0v) is 14.2. The summed E-state index contributed by atoms with van der Waals surface area (Å²) in [6, 6.07) is 7.64. The summed E-state index contributed by atoms with van der Waals surface area (Å²) in [5.41, 5.74) is 4.37. The number of nitrogens with zero attached hydrogens (tertiary/aromatic N) is 1. The molecule has 0 aliphatic heterocycles. The summed E-state index contributed by atoms with van der Waals surface area (Å²) in [7, 11) is 1.45. The van der Waals surface area contributed by atoms with E-state index in [1.54, 1.807) is 24.3 Å². The average Bonchev–Trinajstić information content (AvgIpc) is 2.56. The summed E-state index contributed by atoms with van der Waals surface area (Å²) in [6.45, 7) is 0. The predicted octanol–water partition coefficient (Wildman–Crippen LogP) is 4.05. The molecular formula is C16H14Cl2FN3O2. The fourth-order valence-corrected chi connectivity index (χ4v) is 2.15. The molecule has 2 aromatic rings. The van der Waals surface area contributed by atoms with E-state index in [4.69, 9.17) is 28.0 Å². The van der Waals surface area contributed by atoms with Gasteiger partial charge in [0.05, 0.1) is 34.7 Å². The molecule has 0 aliphatic carbocycles. The number of carbonyl (C=O) groups is 1. The molecule has 0 saturated carbocycles. The molecule has 0 saturated heterocycles. The first-order valence-corrected chi connectivity index (χ1v) is 7.61. The number of carbonyl (C=O) groups excluding carboxylic acids is 1. The van der Waals surface area contributed by atoms with Crippen LogP contribution in [0.5, 0.6) is 0 Å². The molecule has 2 N–H and O–H groups in total. The van der Waals surface area contributed by atoms with Crippen LogP contribution in [-0.4, -0.2) is 18.0 Å². The van der Waals surface area contributed by atoms with Crippen LogP contribution in [0.2, 0.25) is 10.0 Å². The molecule has 8 heteroatoms. The van der Waals surface area contributed by atoms with Crippen LogP contribution in [0.1, 0.15) is 12.0 Å². The first kappa shape index (κ1) is 18.2. The Hall–Kier alpha value is -2.15. The van der Waals surface area contributed by atoms with E-state index in [-0.39, 0.29) is 12.3 Å². The number of pyridine rings is 1. The van der Waals surface area contributed by atoms with Crippen molar-refractivity contribution < 1.29 is 14.0 Å². The molecule has 1 heterocycles. The molecule has 2 rings (SSSR count). The molecule has 0 spiro atoms. The number of amides is 1. The lowest BCUT2D eigenvalue weighted by atomic mass is 10.1. The first-order valence-electron chi connectivity index (χ1n) is 6.85. The highest BCUT2D eigenvalue weighted by Gasteiger charge is 2.07. The Bertz CT molecular complexity index is 751. The van der Waals surface area contributed by atoms with Crippen LogP contribution in [0.25, 0.3) is 5.70 Å². The fraction of sp³-hybridized carbons (Fsp3) is 0.125. The summed E-state index contributed by atoms with van der Waals surface area (Å²) in [6.07, 6.45) is 2.93. The van der Waals surface area contributed by atoms with Crippen molar-refractivity contribution in [1.29, 1.82) is 0 Å². The summed E-state index contributed by atoms with van der Waals surface area (Å²) < 4.78 is 12.7. The lowest BCUT2D eigenvalue weighted by Gasteiger charge is -2.10. The van der Waals surface area contributed by atoms with Gasteiger partial charge in [-0.2, -0.15) is 4.39 Å². The van der Waals surface area contributed by atoms with Gasteiger partial charge in [0.15, 0.2) is 0 Å². The maximum atomic E-state index is 12.7. The van der Waals surface area contributed by atoms with Crippen molar-refractivity contribution in [2.45, 2.75) is 6.42 Å². The van der Waals surface area contributed by atoms with Crippen molar-refractivity contribution in [2.24, 2.45) is 0 Å². The standard InChI is InChI=1S/C16H14Cl2FN3O2/c1-24-22-14(10-2-4-12(17)13(18)8-10)5-7-16(23)21-11-3-6-15(19)20-9-11/h2-6,8-9,22H,7H2,1H3,(H,21,23). The molecule has 24 heavy (non-hydrogen) atoms. The summed E-state index contributed by atoms with van der Waals surface area (Å²) >= 11 is 11.9. The van der Waals surface area contributed by atoms with Gasteiger partial charge in [0.2, 0.25) is 11.9 Å². The summed E-state index contributed by atoms with van der Waals surface area (Å²) in [5.74, 6) is -0.905. The molecular weight excluding hydrogens is 356 g/mol. The van der Waals surface area contributed by atoms with E-state index < -0.39 is 5.95 Å². The van der Waals surface area contributed by atoms with Crippen LogP contribution in [0.15, 0.2) is 42.6 Å². The molecule has 1 aromatic heterocycles. The Morgan fingerprint density at radius 2 is 2.08 bits per heavy atom. The quantitative estimate of drug-likeness (QED) is 0.595. The lowest BCUT2D eigenvalue weighted by Crippen LogP contribution is -2.14. The Balaban J connectivity index is 2.08. The van der Waals surface area contributed by atoms with E-state index in [9.17, 15) is 9.18 Å². The third kappa shape index (κ3) is 5.19. The number of anilines is 1. The Morgan fingerprint density at radius 1 is 1.29 bits per heavy atom. The van der Waals surface area contributed by atoms with E-state index in [1.807, 2.05) is 0 Å². The monoisotopic (exact) mass is 369 g/mol. The zero-order chi connectivity index (χ0) is 17.5. The van der Waals surface area contributed by atoms with Crippen molar-refractivity contribution in [3.63, 3.8) is 0 Å². The normalized spacial score (nSPS) is 11.2. The summed E-state index contributed by atoms with van der Waals surface area (Å²) in [4.78, 5) is 20.3. The molecule has 0 unspecified atom stereocenters. The minimum atomic E-state index is -0.612. The lowest BCUT2D eigenvalue weighted by molar-refractivity contribution is -0.115. The first-order chi connectivity index (χ1) is 11.5. The van der Waals surface area contributed by atoms with Gasteiger partial charge in [-0.3, -0.25) is 15.1 Å². The Kier molecular flexibility index (Phi) is 6.54. The number of nitrogens with one attached hydrogen (secondary N) is 2. The van der Waals surface area contributed by atoms with Crippen molar-refractivity contribution in [1.82, 2.24) is 10.5 Å². The van der Waals surface area contributed by atoms with Gasteiger partial charge >= 0.3 is 0 Å². The molecule has 5 nitrogen and oxygen atoms in total. The van der Waals surface area contributed by atoms with Gasteiger partial charge in [-0.25, -0.2) is 4.98 Å². The van der Waals surface area contributed by atoms with Crippen molar-refractivity contribution in [2.75, 3.05) is 12.4 Å². The van der Waals surface area contributed by atoms with E-state index in [0.717, 1.165) is 0 Å². The van der Waals surface area contributed by atoms with Crippen LogP contribution in [0.4, 0.5) is 10.1 Å². The third-order valence-corrected chi connectivity index (χ3v) is 3.68. The highest BCUT2D eigenvalue weighted by Crippen LogP contribution is 2.25. The average molecular weight is 370 g/mol. The zero-order valence-electron chi connectivity index (χ0n) is 12.6. The maximum absolute atomic E-state index is 12.7. The van der Waals surface area contributed by atoms with Gasteiger partial charge in [-0.1, -0.05) is 29.3 Å². The molecule has 0 fully saturated rings. The molecule has 0 radical (unpaired) electrons. The van der Waals surface area contributed by atoms with E-state index >= 15 is 0 Å². The van der Waals surface area contributed by atoms with E-state index in [2.05, 4.69) is 15.8 Å². The highest BCUT2D eigenvalue weighted by molar-refractivity contribution is 6.42. The highest BCUT2D eigenvalue weighted by atomic mass is 35.5. The van der Waals surface area contributed by atoms with Crippen LogP contribution in [0.3, 0.4) is 0 Å². The predicted molar refractivity (Wildman–Crippen MR) is 92.0 cm³/mol. The number of benzene rings is 1. The molecule has 0 bridgehead atoms. The number of hydroxylamine groups is 1. The van der Waals surface area contributed by atoms with Crippen molar-refractivity contribution >= 4 is 40.5 Å². The fourth-order valence-electron chi connectivity index (χ4n) is 1.85. The number of rotatable bonds is 6. The summed E-state index contributed by atoms with van der Waals surface area (Å²) in [5, 5.41) is 3.43. The number of halogens is 3. The van der Waals surface area contributed by atoms with Crippen molar-refractivity contribution in [3.8, 4) is 0 Å².